The van der Waals surface area contributed by atoms with Gasteiger partial charge in [-0.15, -0.1) is 0 Å². The Hall–Kier alpha value is -2.69. The monoisotopic (exact) mass is 422 g/mol. The van der Waals surface area contributed by atoms with E-state index in [2.05, 4.69) is 4.90 Å². The molecule has 0 unspecified atom stereocenters. The lowest BCUT2D eigenvalue weighted by molar-refractivity contribution is -0.388. The number of nitrogens with zero attached hydrogens (tertiary/aromatic N) is 2. The first-order chi connectivity index (χ1) is 13.8. The summed E-state index contributed by atoms with van der Waals surface area (Å²) in [5, 5.41) is 11.4. The molecular formula is C19H22N2O7S. The van der Waals surface area contributed by atoms with Crippen molar-refractivity contribution in [1.82, 2.24) is 4.90 Å². The summed E-state index contributed by atoms with van der Waals surface area (Å²) in [6, 6.07) is 9.11. The lowest BCUT2D eigenvalue weighted by Crippen LogP contribution is -2.25. The molecule has 9 nitrogen and oxygen atoms in total. The third-order valence-electron chi connectivity index (χ3n) is 4.66. The van der Waals surface area contributed by atoms with Crippen molar-refractivity contribution in [3.8, 4) is 17.2 Å². The highest BCUT2D eigenvalue weighted by molar-refractivity contribution is 7.86. The van der Waals surface area contributed by atoms with E-state index in [1.807, 2.05) is 0 Å². The van der Waals surface area contributed by atoms with Gasteiger partial charge in [-0.1, -0.05) is 6.07 Å². The Balaban J connectivity index is 1.73. The molecule has 1 saturated heterocycles. The maximum absolute atomic E-state index is 11.6. The number of rotatable bonds is 8. The zero-order valence-electron chi connectivity index (χ0n) is 15.9. The van der Waals surface area contributed by atoms with E-state index in [9.17, 15) is 23.1 Å². The molecule has 0 bridgehead atoms. The predicted molar refractivity (Wildman–Crippen MR) is 105 cm³/mol. The molecule has 3 rings (SSSR count). The van der Waals surface area contributed by atoms with Crippen LogP contribution in [0.1, 0.15) is 18.4 Å². The van der Waals surface area contributed by atoms with Crippen LogP contribution in [-0.2, 0) is 10.1 Å². The quantitative estimate of drug-likeness (QED) is 0.390. The molecule has 156 valence electrons. The summed E-state index contributed by atoms with van der Waals surface area (Å²) in [5.74, 6) is 0.620. The summed E-state index contributed by atoms with van der Waals surface area (Å²) in [7, 11) is -4.79. The average Bonchev–Trinajstić information content (AvgIpc) is 3.16. The summed E-state index contributed by atoms with van der Waals surface area (Å²) in [5.41, 5.74) is -0.758. The first-order valence-corrected chi connectivity index (χ1v) is 10.6. The Morgan fingerprint density at radius 1 is 1.10 bits per heavy atom. The second-order valence-electron chi connectivity index (χ2n) is 6.76. The van der Waals surface area contributed by atoms with Gasteiger partial charge in [-0.25, -0.2) is 0 Å². The second-order valence-corrected chi connectivity index (χ2v) is 8.12. The normalized spacial score (nSPS) is 14.7. The highest BCUT2D eigenvalue weighted by Crippen LogP contribution is 2.38. The summed E-state index contributed by atoms with van der Waals surface area (Å²) in [4.78, 5) is 12.1. The summed E-state index contributed by atoms with van der Waals surface area (Å²) in [6.07, 6.45) is 2.44. The van der Waals surface area contributed by atoms with Gasteiger partial charge in [0.1, 0.15) is 18.1 Å². The maximum Gasteiger partial charge on any atom is 0.332 e. The number of hydrogen-bond acceptors (Lipinski definition) is 7. The van der Waals surface area contributed by atoms with Gasteiger partial charge in [-0.2, -0.15) is 8.42 Å². The first-order valence-electron chi connectivity index (χ1n) is 9.14. The molecule has 0 spiro atoms. The highest BCUT2D eigenvalue weighted by Gasteiger charge is 2.31. The van der Waals surface area contributed by atoms with Gasteiger partial charge < -0.3 is 9.47 Å². The van der Waals surface area contributed by atoms with Gasteiger partial charge in [0.25, 0.3) is 0 Å². The van der Waals surface area contributed by atoms with E-state index < -0.39 is 25.6 Å². The third-order valence-corrected chi connectivity index (χ3v) is 5.69. The van der Waals surface area contributed by atoms with Gasteiger partial charge >= 0.3 is 15.8 Å². The van der Waals surface area contributed by atoms with Gasteiger partial charge in [-0.05, 0) is 68.8 Å². The lowest BCUT2D eigenvalue weighted by Gasteiger charge is -2.15. The van der Waals surface area contributed by atoms with Gasteiger partial charge in [0.2, 0.25) is 5.75 Å². The predicted octanol–water partition coefficient (Wildman–Crippen LogP) is 3.42. The highest BCUT2D eigenvalue weighted by atomic mass is 32.2. The average molecular weight is 422 g/mol. The number of aryl methyl sites for hydroxylation is 1. The topological polar surface area (TPSA) is 119 Å². The van der Waals surface area contributed by atoms with E-state index in [0.717, 1.165) is 19.6 Å². The van der Waals surface area contributed by atoms with Crippen LogP contribution in [0.15, 0.2) is 41.3 Å². The Bertz CT molecular complexity index is 984. The van der Waals surface area contributed by atoms with Crippen LogP contribution in [0.25, 0.3) is 0 Å². The Morgan fingerprint density at radius 2 is 1.72 bits per heavy atom. The van der Waals surface area contributed by atoms with Crippen LogP contribution in [0.3, 0.4) is 0 Å². The standard InChI is InChI=1S/C19H22N2O7S/c1-14-4-9-17(18(21(22)23)19(14)29(24,25)26)28-16-7-5-15(6-8-16)27-13-12-20-10-2-3-11-20/h4-9H,2-3,10-13H2,1H3,(H,24,25,26). The van der Waals surface area contributed by atoms with E-state index >= 15 is 0 Å². The molecule has 0 amide bonds. The van der Waals surface area contributed by atoms with Crippen molar-refractivity contribution >= 4 is 15.8 Å². The molecule has 0 atom stereocenters. The largest absolute Gasteiger partial charge is 0.492 e. The number of ether oxygens (including phenoxy) is 2. The van der Waals surface area contributed by atoms with E-state index in [0.29, 0.717) is 12.4 Å². The van der Waals surface area contributed by atoms with Gasteiger partial charge in [0.15, 0.2) is 4.90 Å². The Labute approximate surface area is 168 Å². The van der Waals surface area contributed by atoms with Gasteiger partial charge in [-0.3, -0.25) is 19.6 Å². The van der Waals surface area contributed by atoms with Crippen molar-refractivity contribution in [3.63, 3.8) is 0 Å². The van der Waals surface area contributed by atoms with Crippen LogP contribution >= 0.6 is 0 Å². The smallest absolute Gasteiger partial charge is 0.332 e. The van der Waals surface area contributed by atoms with Crippen molar-refractivity contribution in [2.45, 2.75) is 24.7 Å². The molecule has 2 aromatic rings. The number of benzene rings is 2. The first kappa shape index (κ1) is 21.0. The van der Waals surface area contributed by atoms with Crippen LogP contribution in [0, 0.1) is 17.0 Å². The lowest BCUT2D eigenvalue weighted by atomic mass is 10.2. The van der Waals surface area contributed by atoms with Crippen LogP contribution in [-0.4, -0.2) is 49.0 Å². The SMILES string of the molecule is Cc1ccc(Oc2ccc(OCCN3CCCC3)cc2)c([N+](=O)[O-])c1S(=O)(=O)O. The summed E-state index contributed by atoms with van der Waals surface area (Å²) >= 11 is 0. The number of likely N-dealkylation sites (tertiary alicyclic amines) is 1. The number of nitro groups is 1. The van der Waals surface area contributed by atoms with Crippen LogP contribution in [0.4, 0.5) is 5.69 Å². The molecule has 1 fully saturated rings. The minimum atomic E-state index is -4.79. The molecule has 29 heavy (non-hydrogen) atoms. The molecule has 0 saturated carbocycles. The minimum absolute atomic E-state index is 0.0494. The van der Waals surface area contributed by atoms with E-state index in [1.54, 1.807) is 24.3 Å². The Kier molecular flexibility index (Phi) is 6.36. The Morgan fingerprint density at radius 3 is 2.31 bits per heavy atom. The molecule has 1 heterocycles. The zero-order chi connectivity index (χ0) is 21.0. The molecule has 2 aromatic carbocycles. The molecule has 1 aliphatic heterocycles. The fourth-order valence-electron chi connectivity index (χ4n) is 3.26. The molecule has 10 heteroatoms. The van der Waals surface area contributed by atoms with Crippen LogP contribution in [0.2, 0.25) is 0 Å². The van der Waals surface area contributed by atoms with Crippen LogP contribution < -0.4 is 9.47 Å². The summed E-state index contributed by atoms with van der Waals surface area (Å²) in [6.45, 7) is 4.95. The van der Waals surface area contributed by atoms with Gasteiger partial charge in [0.05, 0.1) is 4.92 Å². The fraction of sp³-hybridized carbons (Fsp3) is 0.368. The fourth-order valence-corrected chi connectivity index (χ4v) is 4.16. The van der Waals surface area contributed by atoms with Crippen molar-refractivity contribution in [1.29, 1.82) is 0 Å². The third kappa shape index (κ3) is 5.22. The summed E-state index contributed by atoms with van der Waals surface area (Å²) < 4.78 is 43.8. The maximum atomic E-state index is 11.6. The van der Waals surface area contributed by atoms with E-state index in [1.165, 1.54) is 31.9 Å². The van der Waals surface area contributed by atoms with Crippen molar-refractivity contribution in [2.75, 3.05) is 26.2 Å². The van der Waals surface area contributed by atoms with Crippen molar-refractivity contribution in [3.05, 3.63) is 52.1 Å². The minimum Gasteiger partial charge on any atom is -0.492 e. The molecule has 1 N–H and O–H groups in total. The van der Waals surface area contributed by atoms with E-state index in [4.69, 9.17) is 9.47 Å². The molecule has 0 radical (unpaired) electrons. The zero-order valence-corrected chi connectivity index (χ0v) is 16.7. The molecule has 0 aromatic heterocycles. The van der Waals surface area contributed by atoms with Gasteiger partial charge in [0, 0.05) is 6.54 Å². The molecule has 0 aliphatic carbocycles. The molecule has 1 aliphatic rings. The van der Waals surface area contributed by atoms with Crippen LogP contribution in [0.5, 0.6) is 17.2 Å². The number of nitro benzene ring substituents is 1. The second kappa shape index (κ2) is 8.76. The number of hydrogen-bond donors (Lipinski definition) is 1. The molecular weight excluding hydrogens is 400 g/mol. The van der Waals surface area contributed by atoms with E-state index in [-0.39, 0.29) is 17.1 Å². The van der Waals surface area contributed by atoms with Crippen molar-refractivity contribution in [2.24, 2.45) is 0 Å². The van der Waals surface area contributed by atoms with Crippen molar-refractivity contribution < 1.29 is 27.4 Å².